The number of aromatic nitrogens is 2. The molecule has 0 unspecified atom stereocenters. The number of hydrogen-bond donors (Lipinski definition) is 0. The third-order valence-corrected chi connectivity index (χ3v) is 4.80. The highest BCUT2D eigenvalue weighted by Gasteiger charge is 2.32. The Balaban J connectivity index is 0. The monoisotopic (exact) mass is 812 g/mol. The maximum absolute atomic E-state index is 11.8. The predicted molar refractivity (Wildman–Crippen MR) is 131 cm³/mol. The first-order valence-corrected chi connectivity index (χ1v) is 12.2. The Morgan fingerprint density at radius 2 is 1.44 bits per heavy atom. The van der Waals surface area contributed by atoms with Crippen LogP contribution in [0.15, 0.2) is 12.4 Å². The molecule has 0 fully saturated rings. The summed E-state index contributed by atoms with van der Waals surface area (Å²) in [7, 11) is 0. The van der Waals surface area contributed by atoms with Gasteiger partial charge in [0.1, 0.15) is 4.82 Å². The van der Waals surface area contributed by atoms with Crippen LogP contribution in [0, 0.1) is 6.92 Å². The molecule has 0 amide bonds. The number of hydrogen-bond acceptors (Lipinski definition) is 4. The topological polar surface area (TPSA) is 25.8 Å². The van der Waals surface area contributed by atoms with Crippen molar-refractivity contribution in [2.24, 2.45) is 0 Å². The molecule has 0 aromatic carbocycles. The number of aryl methyl sites for hydroxylation is 1. The summed E-state index contributed by atoms with van der Waals surface area (Å²) in [4.78, 5) is 7.09. The SMILES string of the molecule is C.Cc1ncc(C(F)(F)F)s1.Clc1ncc(C(Cl)(Cl)Cl)s1.IC(I)I. The zero-order valence-electron chi connectivity index (χ0n) is 11.2. The van der Waals surface area contributed by atoms with E-state index in [4.69, 9.17) is 46.4 Å². The van der Waals surface area contributed by atoms with Crippen LogP contribution >= 0.6 is 137 Å². The van der Waals surface area contributed by atoms with Crippen LogP contribution in [0.3, 0.4) is 0 Å². The van der Waals surface area contributed by atoms with Gasteiger partial charge in [-0.3, -0.25) is 0 Å². The molecule has 0 saturated carbocycles. The van der Waals surface area contributed by atoms with Crippen LogP contribution < -0.4 is 0 Å². The summed E-state index contributed by atoms with van der Waals surface area (Å²) < 4.78 is 35.0. The molecule has 0 saturated heterocycles. The molecule has 2 heterocycles. The van der Waals surface area contributed by atoms with Crippen molar-refractivity contribution in [1.29, 1.82) is 0 Å². The third kappa shape index (κ3) is 15.0. The fourth-order valence-corrected chi connectivity index (χ4v) is 2.82. The van der Waals surface area contributed by atoms with E-state index in [1.165, 1.54) is 6.20 Å². The van der Waals surface area contributed by atoms with E-state index < -0.39 is 14.8 Å². The highest BCUT2D eigenvalue weighted by Crippen LogP contribution is 2.41. The summed E-state index contributed by atoms with van der Waals surface area (Å²) in [6.07, 6.45) is -1.94. The van der Waals surface area contributed by atoms with E-state index in [2.05, 4.69) is 77.7 Å². The molecule has 2 aromatic rings. The molecule has 2 nitrogen and oxygen atoms in total. The first kappa shape index (κ1) is 29.6. The Kier molecular flexibility index (Phi) is 16.1. The first-order valence-electron chi connectivity index (χ1n) is 5.33. The minimum absolute atomic E-state index is 0. The number of halogens is 10. The second-order valence-corrected chi connectivity index (χ2v) is 19.5. The zero-order chi connectivity index (χ0) is 19.1. The lowest BCUT2D eigenvalue weighted by atomic mass is 10.5. The highest BCUT2D eigenvalue weighted by molar-refractivity contribution is 14.3. The minimum Gasteiger partial charge on any atom is -0.249 e. The molecular weight excluding hydrogens is 804 g/mol. The number of rotatable bonds is 0. The first-order chi connectivity index (χ1) is 10.7. The smallest absolute Gasteiger partial charge is 0.249 e. The molecule has 2 rings (SSSR count). The predicted octanol–water partition coefficient (Wildman–Crippen LogP) is 9.30. The Labute approximate surface area is 213 Å². The van der Waals surface area contributed by atoms with Gasteiger partial charge in [-0.25, -0.2) is 9.97 Å². The van der Waals surface area contributed by atoms with Gasteiger partial charge in [0.2, 0.25) is 3.79 Å². The van der Waals surface area contributed by atoms with E-state index in [-0.39, 0.29) is 7.43 Å². The van der Waals surface area contributed by atoms with E-state index in [0.717, 1.165) is 17.5 Å². The molecule has 0 N–H and O–H groups in total. The molecule has 146 valence electrons. The van der Waals surface area contributed by atoms with Crippen molar-refractivity contribution in [3.63, 3.8) is 0 Å². The van der Waals surface area contributed by atoms with Crippen LogP contribution in [0.1, 0.15) is 22.2 Å². The second-order valence-electron chi connectivity index (χ2n) is 3.46. The molecule has 2 aromatic heterocycles. The van der Waals surface area contributed by atoms with Crippen LogP contribution in [-0.2, 0) is 9.97 Å². The normalized spacial score (nSPS) is 11.0. The molecule has 0 radical (unpaired) electrons. The molecule has 0 spiro atoms. The van der Waals surface area contributed by atoms with Crippen LogP contribution in [0.2, 0.25) is 4.47 Å². The second kappa shape index (κ2) is 13.6. The fraction of sp³-hybridized carbons (Fsp3) is 0.455. The third-order valence-electron chi connectivity index (χ3n) is 1.66. The van der Waals surface area contributed by atoms with Crippen molar-refractivity contribution in [3.8, 4) is 0 Å². The largest absolute Gasteiger partial charge is 0.427 e. The van der Waals surface area contributed by atoms with Gasteiger partial charge in [0, 0.05) is 6.20 Å². The van der Waals surface area contributed by atoms with E-state index in [0.29, 0.717) is 25.7 Å². The maximum Gasteiger partial charge on any atom is 0.427 e. The number of alkyl halides is 9. The van der Waals surface area contributed by atoms with Gasteiger partial charge in [-0.05, 0) is 6.92 Å². The van der Waals surface area contributed by atoms with Gasteiger partial charge in [0.05, 0.1) is 16.1 Å². The quantitative estimate of drug-likeness (QED) is 0.196. The molecule has 0 aliphatic heterocycles. The van der Waals surface area contributed by atoms with Crippen molar-refractivity contribution >= 4 is 137 Å². The Bertz CT molecular complexity index is 565. The zero-order valence-corrected chi connectivity index (χ0v) is 22.4. The number of thiazole rings is 2. The molecule has 0 atom stereocenters. The molecule has 25 heavy (non-hydrogen) atoms. The van der Waals surface area contributed by atoms with E-state index >= 15 is 0 Å². The molecule has 0 bridgehead atoms. The van der Waals surface area contributed by atoms with Gasteiger partial charge >= 0.3 is 6.18 Å². The van der Waals surface area contributed by atoms with Crippen LogP contribution in [-0.4, -0.2) is 9.91 Å². The van der Waals surface area contributed by atoms with Gasteiger partial charge in [0.15, 0.2) is 4.47 Å². The fourth-order valence-electron chi connectivity index (χ4n) is 0.876. The number of nitrogens with zero attached hydrogens (tertiary/aromatic N) is 2. The van der Waals surface area contributed by atoms with Gasteiger partial charge < -0.3 is 0 Å². The lowest BCUT2D eigenvalue weighted by Gasteiger charge is -2.04. The summed E-state index contributed by atoms with van der Waals surface area (Å²) >= 11 is 30.8. The van der Waals surface area contributed by atoms with E-state index in [9.17, 15) is 13.2 Å². The molecule has 0 aliphatic carbocycles. The van der Waals surface area contributed by atoms with Crippen LogP contribution in [0.4, 0.5) is 13.2 Å². The van der Waals surface area contributed by atoms with Crippen molar-refractivity contribution in [2.45, 2.75) is 24.3 Å². The summed E-state index contributed by atoms with van der Waals surface area (Å²) in [5.74, 6) is 0. The Morgan fingerprint density at radius 1 is 1.00 bits per heavy atom. The summed E-state index contributed by atoms with van der Waals surface area (Å²) in [5, 5.41) is 0.437. The Morgan fingerprint density at radius 3 is 1.60 bits per heavy atom. The lowest BCUT2D eigenvalue weighted by Crippen LogP contribution is -2.00. The summed E-state index contributed by atoms with van der Waals surface area (Å²) in [5.41, 5.74) is 0. The molecular formula is C11H10Cl4F3I3N2S2. The highest BCUT2D eigenvalue weighted by atomic mass is 127. The van der Waals surface area contributed by atoms with Crippen molar-refractivity contribution in [1.82, 2.24) is 9.97 Å². The van der Waals surface area contributed by atoms with Gasteiger partial charge in [-0.15, -0.1) is 22.7 Å². The maximum atomic E-state index is 11.8. The van der Waals surface area contributed by atoms with Gasteiger partial charge in [0.25, 0.3) is 0 Å². The van der Waals surface area contributed by atoms with Gasteiger partial charge in [-0.2, -0.15) is 13.2 Å². The van der Waals surface area contributed by atoms with Crippen molar-refractivity contribution < 1.29 is 13.2 Å². The summed E-state index contributed by atoms with van der Waals surface area (Å²) in [6, 6.07) is 0. The minimum atomic E-state index is -4.23. The summed E-state index contributed by atoms with van der Waals surface area (Å²) in [6.45, 7) is 1.54. The van der Waals surface area contributed by atoms with E-state index in [1.807, 2.05) is 0 Å². The average molecular weight is 814 g/mol. The molecule has 0 aliphatic rings. The lowest BCUT2D eigenvalue weighted by molar-refractivity contribution is -0.134. The standard InChI is InChI=1S/C5H4F3NS.C4HCl4NS.CHI3.CH4/c1-3-9-2-4(10-3)5(6,7)8;5-3-9-1-2(10-3)4(6,7)8;2-1(3)4;/h2H,1H3;1H;1H;1H4. The van der Waals surface area contributed by atoms with Crippen LogP contribution in [0.25, 0.3) is 0 Å². The Hall–Kier alpha value is 2.40. The van der Waals surface area contributed by atoms with Crippen LogP contribution in [0.5, 0.6) is 0 Å². The molecule has 14 heteroatoms. The average Bonchev–Trinajstić information content (AvgIpc) is 2.96. The van der Waals surface area contributed by atoms with E-state index in [1.54, 1.807) is 6.92 Å². The van der Waals surface area contributed by atoms with Crippen molar-refractivity contribution in [3.05, 3.63) is 31.6 Å². The van der Waals surface area contributed by atoms with Crippen molar-refractivity contribution in [2.75, 3.05) is 0 Å². The van der Waals surface area contributed by atoms with Gasteiger partial charge in [-0.1, -0.05) is 122 Å².